The van der Waals surface area contributed by atoms with E-state index in [0.29, 0.717) is 5.69 Å². The Morgan fingerprint density at radius 2 is 1.71 bits per heavy atom. The van der Waals surface area contributed by atoms with Crippen molar-refractivity contribution in [3.8, 4) is 5.75 Å². The summed E-state index contributed by atoms with van der Waals surface area (Å²) < 4.78 is 32.8. The SMILES string of the molecule is C1CCNC1.Nc1ccc(OS(=O)(=O)O)cc1. The van der Waals surface area contributed by atoms with Crippen LogP contribution in [-0.4, -0.2) is 26.1 Å². The van der Waals surface area contributed by atoms with Gasteiger partial charge in [0.25, 0.3) is 0 Å². The zero-order valence-corrected chi connectivity index (χ0v) is 10.1. The van der Waals surface area contributed by atoms with Gasteiger partial charge >= 0.3 is 10.4 Å². The van der Waals surface area contributed by atoms with Crippen LogP contribution in [0.1, 0.15) is 12.8 Å². The maximum atomic E-state index is 10.2. The molecule has 2 rings (SSSR count). The van der Waals surface area contributed by atoms with E-state index in [0.717, 1.165) is 0 Å². The van der Waals surface area contributed by atoms with E-state index < -0.39 is 10.4 Å². The molecule has 0 aromatic heterocycles. The Morgan fingerprint density at radius 1 is 1.18 bits per heavy atom. The minimum Gasteiger partial charge on any atom is -0.399 e. The summed E-state index contributed by atoms with van der Waals surface area (Å²) >= 11 is 0. The first-order chi connectivity index (χ1) is 7.97. The van der Waals surface area contributed by atoms with Crippen LogP contribution < -0.4 is 15.2 Å². The van der Waals surface area contributed by atoms with Crippen LogP contribution in [-0.2, 0) is 10.4 Å². The smallest absolute Gasteiger partial charge is 0.399 e. The van der Waals surface area contributed by atoms with E-state index in [9.17, 15) is 8.42 Å². The second kappa shape index (κ2) is 6.43. The number of anilines is 1. The number of rotatable bonds is 2. The van der Waals surface area contributed by atoms with Gasteiger partial charge in [0.1, 0.15) is 5.75 Å². The molecule has 0 bridgehead atoms. The van der Waals surface area contributed by atoms with Crippen molar-refractivity contribution in [1.29, 1.82) is 0 Å². The lowest BCUT2D eigenvalue weighted by Crippen LogP contribution is -2.06. The lowest BCUT2D eigenvalue weighted by Gasteiger charge is -2.00. The van der Waals surface area contributed by atoms with Crippen molar-refractivity contribution in [2.45, 2.75) is 12.8 Å². The monoisotopic (exact) mass is 260 g/mol. The number of nitrogens with two attached hydrogens (primary N) is 1. The third-order valence-corrected chi connectivity index (χ3v) is 2.44. The molecule has 1 aromatic carbocycles. The van der Waals surface area contributed by atoms with E-state index in [-0.39, 0.29) is 5.75 Å². The molecule has 6 nitrogen and oxygen atoms in total. The van der Waals surface area contributed by atoms with E-state index in [1.54, 1.807) is 0 Å². The first-order valence-electron chi connectivity index (χ1n) is 5.20. The lowest BCUT2D eigenvalue weighted by molar-refractivity contribution is 0.387. The first kappa shape index (κ1) is 13.8. The Balaban J connectivity index is 0.000000239. The first-order valence-corrected chi connectivity index (χ1v) is 6.57. The molecule has 0 radical (unpaired) electrons. The van der Waals surface area contributed by atoms with E-state index in [1.165, 1.54) is 50.2 Å². The van der Waals surface area contributed by atoms with Crippen molar-refractivity contribution in [3.63, 3.8) is 0 Å². The van der Waals surface area contributed by atoms with Gasteiger partial charge in [-0.2, -0.15) is 8.42 Å². The van der Waals surface area contributed by atoms with Gasteiger partial charge in [0.05, 0.1) is 0 Å². The standard InChI is InChI=1S/C6H7NO4S.C4H9N/c7-5-1-3-6(4-2-5)11-12(8,9)10;1-2-4-5-3-1/h1-4H,7H2,(H,8,9,10);5H,1-4H2. The molecular formula is C10H16N2O4S. The molecule has 0 saturated carbocycles. The number of nitrogens with one attached hydrogen (secondary N) is 1. The van der Waals surface area contributed by atoms with Crippen molar-refractivity contribution in [1.82, 2.24) is 5.32 Å². The Labute approximate surface area is 101 Å². The van der Waals surface area contributed by atoms with Crippen LogP contribution in [0.2, 0.25) is 0 Å². The van der Waals surface area contributed by atoms with Crippen LogP contribution >= 0.6 is 0 Å². The van der Waals surface area contributed by atoms with Gasteiger partial charge in [0.15, 0.2) is 0 Å². The molecule has 1 aliphatic heterocycles. The van der Waals surface area contributed by atoms with Gasteiger partial charge in [-0.3, -0.25) is 4.55 Å². The minimum atomic E-state index is -4.43. The predicted molar refractivity (Wildman–Crippen MR) is 65.1 cm³/mol. The Kier molecular flexibility index (Phi) is 5.20. The quantitative estimate of drug-likeness (QED) is 0.537. The largest absolute Gasteiger partial charge is 0.446 e. The summed E-state index contributed by atoms with van der Waals surface area (Å²) in [4.78, 5) is 0. The molecule has 96 valence electrons. The summed E-state index contributed by atoms with van der Waals surface area (Å²) in [6.45, 7) is 2.50. The van der Waals surface area contributed by atoms with Gasteiger partial charge < -0.3 is 15.2 Å². The molecule has 1 saturated heterocycles. The highest BCUT2D eigenvalue weighted by molar-refractivity contribution is 7.81. The van der Waals surface area contributed by atoms with Crippen LogP contribution in [0, 0.1) is 0 Å². The summed E-state index contributed by atoms with van der Waals surface area (Å²) in [6.07, 6.45) is 2.78. The fourth-order valence-corrected chi connectivity index (χ4v) is 1.62. The number of hydrogen-bond acceptors (Lipinski definition) is 5. The van der Waals surface area contributed by atoms with Gasteiger partial charge in [0, 0.05) is 5.69 Å². The number of benzene rings is 1. The van der Waals surface area contributed by atoms with Gasteiger partial charge in [-0.25, -0.2) is 0 Å². The summed E-state index contributed by atoms with van der Waals surface area (Å²) in [5.41, 5.74) is 5.81. The molecular weight excluding hydrogens is 244 g/mol. The van der Waals surface area contributed by atoms with Crippen molar-refractivity contribution in [2.75, 3.05) is 18.8 Å². The highest BCUT2D eigenvalue weighted by Crippen LogP contribution is 2.14. The van der Waals surface area contributed by atoms with E-state index in [1.807, 2.05) is 0 Å². The fourth-order valence-electron chi connectivity index (χ4n) is 1.27. The second-order valence-electron chi connectivity index (χ2n) is 3.54. The van der Waals surface area contributed by atoms with Crippen LogP contribution in [0.3, 0.4) is 0 Å². The number of hydrogen-bond donors (Lipinski definition) is 3. The van der Waals surface area contributed by atoms with Crippen LogP contribution in [0.5, 0.6) is 5.75 Å². The van der Waals surface area contributed by atoms with Crippen LogP contribution in [0.15, 0.2) is 24.3 Å². The van der Waals surface area contributed by atoms with Gasteiger partial charge in [-0.05, 0) is 50.2 Å². The second-order valence-corrected chi connectivity index (χ2v) is 4.56. The molecule has 0 atom stereocenters. The average molecular weight is 260 g/mol. The Bertz CT molecular complexity index is 419. The van der Waals surface area contributed by atoms with Crippen LogP contribution in [0.25, 0.3) is 0 Å². The molecule has 7 heteroatoms. The molecule has 0 amide bonds. The highest BCUT2D eigenvalue weighted by atomic mass is 32.3. The minimum absolute atomic E-state index is 0.0201. The fraction of sp³-hybridized carbons (Fsp3) is 0.400. The van der Waals surface area contributed by atoms with Crippen molar-refractivity contribution in [2.24, 2.45) is 0 Å². The van der Waals surface area contributed by atoms with Crippen molar-refractivity contribution >= 4 is 16.1 Å². The predicted octanol–water partition coefficient (Wildman–Crippen LogP) is 0.820. The van der Waals surface area contributed by atoms with Gasteiger partial charge in [-0.1, -0.05) is 0 Å². The van der Waals surface area contributed by atoms with E-state index in [4.69, 9.17) is 10.3 Å². The maximum absolute atomic E-state index is 10.2. The molecule has 0 aliphatic carbocycles. The molecule has 4 N–H and O–H groups in total. The Morgan fingerprint density at radius 3 is 2.06 bits per heavy atom. The van der Waals surface area contributed by atoms with E-state index in [2.05, 4.69) is 9.50 Å². The molecule has 1 heterocycles. The molecule has 1 aromatic rings. The molecule has 0 unspecified atom stereocenters. The zero-order valence-electron chi connectivity index (χ0n) is 9.30. The highest BCUT2D eigenvalue weighted by Gasteiger charge is 2.05. The maximum Gasteiger partial charge on any atom is 0.446 e. The van der Waals surface area contributed by atoms with Crippen molar-refractivity contribution in [3.05, 3.63) is 24.3 Å². The normalized spacial score (nSPS) is 14.9. The summed E-state index contributed by atoms with van der Waals surface area (Å²) in [7, 11) is -4.43. The van der Waals surface area contributed by atoms with Gasteiger partial charge in [-0.15, -0.1) is 0 Å². The summed E-state index contributed by atoms with van der Waals surface area (Å²) in [6, 6.07) is 5.59. The Hall–Kier alpha value is -1.31. The zero-order chi connectivity index (χ0) is 12.7. The molecule has 0 spiro atoms. The third-order valence-electron chi connectivity index (χ3n) is 2.04. The van der Waals surface area contributed by atoms with Crippen LogP contribution in [0.4, 0.5) is 5.69 Å². The summed E-state index contributed by atoms with van der Waals surface area (Å²) in [5, 5.41) is 3.22. The van der Waals surface area contributed by atoms with Crippen molar-refractivity contribution < 1.29 is 17.2 Å². The van der Waals surface area contributed by atoms with Gasteiger partial charge in [0.2, 0.25) is 0 Å². The number of nitrogen functional groups attached to an aromatic ring is 1. The average Bonchev–Trinajstić information content (AvgIpc) is 2.78. The van der Waals surface area contributed by atoms with E-state index >= 15 is 0 Å². The summed E-state index contributed by atoms with van der Waals surface area (Å²) in [5.74, 6) is 0.0201. The molecule has 17 heavy (non-hydrogen) atoms. The topological polar surface area (TPSA) is 102 Å². The lowest BCUT2D eigenvalue weighted by atomic mass is 10.3. The third kappa shape index (κ3) is 6.77. The molecule has 1 fully saturated rings. The molecule has 1 aliphatic rings.